The highest BCUT2D eigenvalue weighted by Gasteiger charge is 2.33. The van der Waals surface area contributed by atoms with Crippen molar-refractivity contribution in [2.75, 3.05) is 43.7 Å². The number of aliphatic hydroxyl groups is 1. The maximum absolute atomic E-state index is 15.2. The van der Waals surface area contributed by atoms with Gasteiger partial charge in [-0.1, -0.05) is 0 Å². The van der Waals surface area contributed by atoms with Gasteiger partial charge in [0.15, 0.2) is 6.10 Å². The van der Waals surface area contributed by atoms with Crippen LogP contribution in [0.1, 0.15) is 0 Å². The highest BCUT2D eigenvalue weighted by Crippen LogP contribution is 2.34. The van der Waals surface area contributed by atoms with Gasteiger partial charge in [0, 0.05) is 36.4 Å². The Kier molecular flexibility index (Phi) is 6.20. The van der Waals surface area contributed by atoms with Crippen molar-refractivity contribution in [1.82, 2.24) is 19.5 Å². The van der Waals surface area contributed by atoms with Gasteiger partial charge in [0.1, 0.15) is 30.5 Å². The van der Waals surface area contributed by atoms with Crippen LogP contribution in [0.2, 0.25) is 0 Å². The van der Waals surface area contributed by atoms with Gasteiger partial charge in [0.25, 0.3) is 0 Å². The number of carbonyl (C=O) groups is 1. The average molecular weight is 515 g/mol. The molecule has 0 radical (unpaired) electrons. The van der Waals surface area contributed by atoms with E-state index in [-0.39, 0.29) is 49.7 Å². The molecular formula is C22H22FN7O7. The molecule has 1 saturated heterocycles. The molecule has 0 saturated carbocycles. The number of nitro groups is 1. The van der Waals surface area contributed by atoms with E-state index in [0.29, 0.717) is 17.1 Å². The Hall–Kier alpha value is -4.53. The van der Waals surface area contributed by atoms with Crippen molar-refractivity contribution in [2.24, 2.45) is 0 Å². The van der Waals surface area contributed by atoms with Crippen molar-refractivity contribution in [3.63, 3.8) is 0 Å². The summed E-state index contributed by atoms with van der Waals surface area (Å²) in [5.41, 5.74) is 0.901. The molecule has 1 amide bonds. The predicted molar refractivity (Wildman–Crippen MR) is 125 cm³/mol. The van der Waals surface area contributed by atoms with Gasteiger partial charge >= 0.3 is 23.9 Å². The molecule has 5 rings (SSSR count). The molecule has 0 aliphatic carbocycles. The van der Waals surface area contributed by atoms with Crippen LogP contribution in [-0.4, -0.2) is 81.7 Å². The van der Waals surface area contributed by atoms with Crippen molar-refractivity contribution in [1.29, 1.82) is 0 Å². The van der Waals surface area contributed by atoms with Crippen molar-refractivity contribution in [3.05, 3.63) is 46.5 Å². The number of hydrogen-bond donors (Lipinski definition) is 1. The summed E-state index contributed by atoms with van der Waals surface area (Å²) in [7, 11) is 3.47. The maximum atomic E-state index is 15.2. The summed E-state index contributed by atoms with van der Waals surface area (Å²) in [6.45, 7) is 0.121. The molecule has 2 atom stereocenters. The molecule has 1 fully saturated rings. The molecule has 14 nitrogen and oxygen atoms in total. The van der Waals surface area contributed by atoms with Gasteiger partial charge in [-0.05, 0) is 23.1 Å². The number of hydrogen-bond acceptors (Lipinski definition) is 11. The van der Waals surface area contributed by atoms with Gasteiger partial charge in [-0.15, -0.1) is 0 Å². The molecule has 1 N–H and O–H groups in total. The summed E-state index contributed by atoms with van der Waals surface area (Å²) < 4.78 is 33.0. The summed E-state index contributed by atoms with van der Waals surface area (Å²) in [5, 5.41) is 20.2. The van der Waals surface area contributed by atoms with E-state index in [4.69, 9.17) is 14.2 Å². The van der Waals surface area contributed by atoms with E-state index in [2.05, 4.69) is 15.0 Å². The fraction of sp³-hybridized carbons (Fsp3) is 0.364. The molecule has 37 heavy (non-hydrogen) atoms. The number of halogens is 1. The number of rotatable bonds is 7. The number of amides is 1. The lowest BCUT2D eigenvalue weighted by Crippen LogP contribution is -2.35. The molecule has 0 spiro atoms. The van der Waals surface area contributed by atoms with Crippen LogP contribution in [-0.2, 0) is 11.3 Å². The minimum atomic E-state index is -0.665. The van der Waals surface area contributed by atoms with E-state index < -0.39 is 29.0 Å². The SMILES string of the molecule is CN(C)c1nc(O[C@@H]2COc3nc([N+](=O)[O-])cn3C2)ncc1-c1ccc(N2C[C@H](CO)OC2=O)cc1F. The molecule has 0 unspecified atom stereocenters. The Morgan fingerprint density at radius 3 is 2.78 bits per heavy atom. The number of anilines is 2. The zero-order chi connectivity index (χ0) is 26.3. The van der Waals surface area contributed by atoms with Crippen LogP contribution < -0.4 is 19.3 Å². The van der Waals surface area contributed by atoms with Crippen LogP contribution in [0.3, 0.4) is 0 Å². The normalized spacial score (nSPS) is 18.7. The Labute approximate surface area is 209 Å². The van der Waals surface area contributed by atoms with Crippen molar-refractivity contribution in [3.8, 4) is 23.1 Å². The predicted octanol–water partition coefficient (Wildman–Crippen LogP) is 1.61. The third kappa shape index (κ3) is 4.67. The van der Waals surface area contributed by atoms with Gasteiger partial charge in [-0.25, -0.2) is 14.2 Å². The molecule has 2 aromatic heterocycles. The first-order valence-electron chi connectivity index (χ1n) is 11.2. The van der Waals surface area contributed by atoms with E-state index in [1.807, 2.05) is 0 Å². The molecule has 0 bridgehead atoms. The summed E-state index contributed by atoms with van der Waals surface area (Å²) in [4.78, 5) is 37.8. The first-order chi connectivity index (χ1) is 17.7. The fourth-order valence-electron chi connectivity index (χ4n) is 4.04. The Bertz CT molecular complexity index is 1370. The molecule has 2 aliphatic rings. The van der Waals surface area contributed by atoms with Gasteiger partial charge in [-0.3, -0.25) is 9.47 Å². The minimum absolute atomic E-state index is 0.0194. The number of ether oxygens (including phenoxy) is 3. The largest absolute Gasteiger partial charge is 0.455 e. The maximum Gasteiger partial charge on any atom is 0.414 e. The average Bonchev–Trinajstić information content (AvgIpc) is 3.47. The van der Waals surface area contributed by atoms with Gasteiger partial charge < -0.3 is 34.3 Å². The van der Waals surface area contributed by atoms with Gasteiger partial charge in [0.05, 0.1) is 25.4 Å². The van der Waals surface area contributed by atoms with Crippen LogP contribution in [0.5, 0.6) is 12.0 Å². The molecule has 2 aliphatic heterocycles. The molecule has 15 heteroatoms. The number of aromatic nitrogens is 4. The van der Waals surface area contributed by atoms with Crippen LogP contribution >= 0.6 is 0 Å². The fourth-order valence-corrected chi connectivity index (χ4v) is 4.04. The number of cyclic esters (lactones) is 1. The molecule has 194 valence electrons. The number of imidazole rings is 1. The van der Waals surface area contributed by atoms with E-state index in [1.165, 1.54) is 34.0 Å². The van der Waals surface area contributed by atoms with Gasteiger partial charge in [0.2, 0.25) is 0 Å². The van der Waals surface area contributed by atoms with E-state index >= 15 is 4.39 Å². The highest BCUT2D eigenvalue weighted by atomic mass is 19.1. The van der Waals surface area contributed by atoms with Crippen LogP contribution in [0, 0.1) is 15.9 Å². The van der Waals surface area contributed by atoms with Gasteiger partial charge in [-0.2, -0.15) is 4.98 Å². The first-order valence-corrected chi connectivity index (χ1v) is 11.2. The summed E-state index contributed by atoms with van der Waals surface area (Å²) in [6.07, 6.45) is 0.828. The first kappa shape index (κ1) is 24.2. The quantitative estimate of drug-likeness (QED) is 0.360. The van der Waals surface area contributed by atoms with Crippen molar-refractivity contribution in [2.45, 2.75) is 18.8 Å². The van der Waals surface area contributed by atoms with Crippen LogP contribution in [0.25, 0.3) is 11.1 Å². The molecule has 1 aromatic carbocycles. The summed E-state index contributed by atoms with van der Waals surface area (Å²) in [5.74, 6) is -0.546. The van der Waals surface area contributed by atoms with E-state index in [0.717, 1.165) is 0 Å². The number of aliphatic hydroxyl groups excluding tert-OH is 1. The van der Waals surface area contributed by atoms with Crippen LogP contribution in [0.4, 0.5) is 26.5 Å². The Morgan fingerprint density at radius 1 is 1.30 bits per heavy atom. The van der Waals surface area contributed by atoms with E-state index in [1.54, 1.807) is 25.1 Å². The Balaban J connectivity index is 1.36. The monoisotopic (exact) mass is 515 g/mol. The summed E-state index contributed by atoms with van der Waals surface area (Å²) in [6, 6.07) is 4.45. The highest BCUT2D eigenvalue weighted by molar-refractivity contribution is 5.90. The zero-order valence-electron chi connectivity index (χ0n) is 19.8. The minimum Gasteiger partial charge on any atom is -0.455 e. The third-order valence-electron chi connectivity index (χ3n) is 5.79. The number of nitrogens with zero attached hydrogens (tertiary/aromatic N) is 7. The third-order valence-corrected chi connectivity index (χ3v) is 5.79. The lowest BCUT2D eigenvalue weighted by molar-refractivity contribution is -0.389. The summed E-state index contributed by atoms with van der Waals surface area (Å²) >= 11 is 0. The standard InChI is InChI=1S/C22H22FN7O7/c1-27(2)19-16(15-4-3-12(5-17(15)23)29-8-13(10-31)37-22(29)32)6-24-20(26-19)36-14-7-28-9-18(30(33)34)25-21(28)35-11-14/h3-6,9,13-14,31H,7-8,10-11H2,1-2H3/t13-,14+/m1/s1. The van der Waals surface area contributed by atoms with Crippen molar-refractivity contribution < 1.29 is 33.4 Å². The van der Waals surface area contributed by atoms with E-state index in [9.17, 15) is 20.0 Å². The van der Waals surface area contributed by atoms with Crippen LogP contribution in [0.15, 0.2) is 30.6 Å². The lowest BCUT2D eigenvalue weighted by Gasteiger charge is -2.23. The second-order valence-corrected chi connectivity index (χ2v) is 8.59. The second-order valence-electron chi connectivity index (χ2n) is 8.59. The Morgan fingerprint density at radius 2 is 2.11 bits per heavy atom. The number of fused-ring (bicyclic) bond motifs is 1. The van der Waals surface area contributed by atoms with Crippen molar-refractivity contribution >= 4 is 23.4 Å². The smallest absolute Gasteiger partial charge is 0.414 e. The lowest BCUT2D eigenvalue weighted by atomic mass is 10.1. The number of benzene rings is 1. The molecular weight excluding hydrogens is 493 g/mol. The molecule has 3 aromatic rings. The molecule has 4 heterocycles. The topological polar surface area (TPSA) is 158 Å². The zero-order valence-corrected chi connectivity index (χ0v) is 19.8. The number of carbonyl (C=O) groups excluding carboxylic acids is 1. The second kappa shape index (κ2) is 9.50.